The lowest BCUT2D eigenvalue weighted by molar-refractivity contribution is 0.0761. The maximum atomic E-state index is 13.4. The van der Waals surface area contributed by atoms with Crippen molar-refractivity contribution in [2.75, 3.05) is 19.6 Å². The third-order valence-electron chi connectivity index (χ3n) is 5.49. The first-order chi connectivity index (χ1) is 14.9. The normalized spacial score (nSPS) is 14.6. The Morgan fingerprint density at radius 3 is 2.45 bits per heavy atom. The molecule has 0 saturated carbocycles. The van der Waals surface area contributed by atoms with E-state index in [-0.39, 0.29) is 10.8 Å². The second kappa shape index (κ2) is 9.90. The molecule has 1 aliphatic heterocycles. The van der Waals surface area contributed by atoms with Crippen LogP contribution in [0.1, 0.15) is 46.3 Å². The van der Waals surface area contributed by atoms with Crippen LogP contribution in [0, 0.1) is 18.3 Å². The molecule has 0 atom stereocenters. The third kappa shape index (κ3) is 5.22. The van der Waals surface area contributed by atoms with Gasteiger partial charge >= 0.3 is 0 Å². The average Bonchev–Trinajstić information content (AvgIpc) is 2.79. The minimum Gasteiger partial charge on any atom is -0.331 e. The predicted molar refractivity (Wildman–Crippen MR) is 120 cm³/mol. The first-order valence-corrected chi connectivity index (χ1v) is 11.8. The summed E-state index contributed by atoms with van der Waals surface area (Å²) in [6, 6.07) is 13.9. The second-order valence-electron chi connectivity index (χ2n) is 7.72. The van der Waals surface area contributed by atoms with Gasteiger partial charge in [0.15, 0.2) is 0 Å². The molecule has 0 N–H and O–H groups in total. The highest BCUT2D eigenvalue weighted by molar-refractivity contribution is 7.89. The van der Waals surface area contributed by atoms with E-state index in [2.05, 4.69) is 12.6 Å². The van der Waals surface area contributed by atoms with Crippen molar-refractivity contribution in [3.63, 3.8) is 0 Å². The van der Waals surface area contributed by atoms with E-state index in [0.717, 1.165) is 30.4 Å². The van der Waals surface area contributed by atoms with Crippen molar-refractivity contribution in [3.8, 4) is 6.07 Å². The molecule has 0 aliphatic carbocycles. The van der Waals surface area contributed by atoms with Crippen LogP contribution in [0.3, 0.4) is 0 Å². The molecule has 31 heavy (non-hydrogen) atoms. The van der Waals surface area contributed by atoms with Crippen molar-refractivity contribution >= 4 is 15.9 Å². The Hall–Kier alpha value is -2.95. The van der Waals surface area contributed by atoms with Crippen molar-refractivity contribution in [2.45, 2.75) is 37.6 Å². The highest BCUT2D eigenvalue weighted by atomic mass is 32.2. The van der Waals surface area contributed by atoms with Gasteiger partial charge in [-0.05, 0) is 55.2 Å². The van der Waals surface area contributed by atoms with Crippen LogP contribution < -0.4 is 0 Å². The van der Waals surface area contributed by atoms with E-state index < -0.39 is 10.0 Å². The van der Waals surface area contributed by atoms with Gasteiger partial charge in [-0.15, -0.1) is 6.58 Å². The number of nitriles is 1. The molecule has 0 radical (unpaired) electrons. The SMILES string of the molecule is C=CCN(Cc1ccc(C#N)cc1)C(=O)c1cc(S(=O)(=O)N2CCCCC2)ccc1C. The molecule has 162 valence electrons. The van der Waals surface area contributed by atoms with Crippen LogP contribution in [0.5, 0.6) is 0 Å². The molecule has 0 spiro atoms. The Bertz CT molecular complexity index is 1100. The summed E-state index contributed by atoms with van der Waals surface area (Å²) in [5.41, 5.74) is 2.52. The number of aryl methyl sites for hydroxylation is 1. The number of rotatable bonds is 7. The summed E-state index contributed by atoms with van der Waals surface area (Å²) < 4.78 is 27.7. The van der Waals surface area contributed by atoms with E-state index in [1.807, 2.05) is 12.1 Å². The predicted octanol–water partition coefficient (Wildman–Crippen LogP) is 3.87. The van der Waals surface area contributed by atoms with Crippen LogP contribution in [0.2, 0.25) is 0 Å². The summed E-state index contributed by atoms with van der Waals surface area (Å²) in [7, 11) is -3.63. The number of hydrogen-bond acceptors (Lipinski definition) is 4. The van der Waals surface area contributed by atoms with Crippen LogP contribution in [0.4, 0.5) is 0 Å². The highest BCUT2D eigenvalue weighted by Crippen LogP contribution is 2.24. The molecule has 0 aromatic heterocycles. The zero-order chi connectivity index (χ0) is 22.4. The monoisotopic (exact) mass is 437 g/mol. The van der Waals surface area contributed by atoms with Crippen LogP contribution in [-0.4, -0.2) is 43.2 Å². The van der Waals surface area contributed by atoms with Gasteiger partial charge in [0.05, 0.1) is 16.5 Å². The average molecular weight is 438 g/mol. The van der Waals surface area contributed by atoms with Crippen molar-refractivity contribution < 1.29 is 13.2 Å². The van der Waals surface area contributed by atoms with Gasteiger partial charge in [-0.3, -0.25) is 4.79 Å². The maximum Gasteiger partial charge on any atom is 0.254 e. The molecule has 0 unspecified atom stereocenters. The van der Waals surface area contributed by atoms with Gasteiger partial charge in [0, 0.05) is 31.7 Å². The molecule has 7 heteroatoms. The van der Waals surface area contributed by atoms with Crippen molar-refractivity contribution in [1.82, 2.24) is 9.21 Å². The van der Waals surface area contributed by atoms with Gasteiger partial charge in [0.1, 0.15) is 0 Å². The summed E-state index contributed by atoms with van der Waals surface area (Å²) in [4.78, 5) is 15.1. The fraction of sp³-hybridized carbons (Fsp3) is 0.333. The Morgan fingerprint density at radius 2 is 1.84 bits per heavy atom. The molecular weight excluding hydrogens is 410 g/mol. The number of amides is 1. The summed E-state index contributed by atoms with van der Waals surface area (Å²) >= 11 is 0. The van der Waals surface area contributed by atoms with Crippen LogP contribution in [-0.2, 0) is 16.6 Å². The Balaban J connectivity index is 1.89. The zero-order valence-electron chi connectivity index (χ0n) is 17.8. The van der Waals surface area contributed by atoms with Gasteiger partial charge in [-0.1, -0.05) is 30.7 Å². The summed E-state index contributed by atoms with van der Waals surface area (Å²) in [6.07, 6.45) is 4.39. The topological polar surface area (TPSA) is 81.5 Å². The maximum absolute atomic E-state index is 13.4. The molecule has 1 aliphatic rings. The molecule has 3 rings (SSSR count). The number of nitrogens with zero attached hydrogens (tertiary/aromatic N) is 3. The third-order valence-corrected chi connectivity index (χ3v) is 7.38. The number of benzene rings is 2. The van der Waals surface area contributed by atoms with Crippen molar-refractivity contribution in [3.05, 3.63) is 77.4 Å². The molecule has 6 nitrogen and oxygen atoms in total. The minimum absolute atomic E-state index is 0.153. The summed E-state index contributed by atoms with van der Waals surface area (Å²) in [5, 5.41) is 8.97. The van der Waals surface area contributed by atoms with E-state index >= 15 is 0 Å². The lowest BCUT2D eigenvalue weighted by Gasteiger charge is -2.26. The van der Waals surface area contributed by atoms with Gasteiger partial charge < -0.3 is 4.90 Å². The van der Waals surface area contributed by atoms with E-state index in [9.17, 15) is 13.2 Å². The van der Waals surface area contributed by atoms with E-state index in [1.165, 1.54) is 10.4 Å². The molecule has 1 fully saturated rings. The number of sulfonamides is 1. The van der Waals surface area contributed by atoms with Gasteiger partial charge in [-0.25, -0.2) is 8.42 Å². The Morgan fingerprint density at radius 1 is 1.16 bits per heavy atom. The quantitative estimate of drug-likeness (QED) is 0.616. The van der Waals surface area contributed by atoms with Crippen LogP contribution in [0.15, 0.2) is 60.0 Å². The fourth-order valence-electron chi connectivity index (χ4n) is 3.70. The van der Waals surface area contributed by atoms with E-state index in [4.69, 9.17) is 5.26 Å². The van der Waals surface area contributed by atoms with Crippen LogP contribution in [0.25, 0.3) is 0 Å². The van der Waals surface area contributed by atoms with Gasteiger partial charge in [-0.2, -0.15) is 9.57 Å². The lowest BCUT2D eigenvalue weighted by Crippen LogP contribution is -2.36. The molecular formula is C24H27N3O3S. The second-order valence-corrected chi connectivity index (χ2v) is 9.66. The zero-order valence-corrected chi connectivity index (χ0v) is 18.6. The summed E-state index contributed by atoms with van der Waals surface area (Å²) in [5.74, 6) is -0.252. The first-order valence-electron chi connectivity index (χ1n) is 10.4. The minimum atomic E-state index is -3.63. The van der Waals surface area contributed by atoms with E-state index in [0.29, 0.717) is 37.3 Å². The number of carbonyl (C=O) groups excluding carboxylic acids is 1. The molecule has 1 saturated heterocycles. The fourth-order valence-corrected chi connectivity index (χ4v) is 5.24. The lowest BCUT2D eigenvalue weighted by atomic mass is 10.1. The molecule has 0 bridgehead atoms. The highest BCUT2D eigenvalue weighted by Gasteiger charge is 2.27. The standard InChI is InChI=1S/C24H27N3O3S/c1-3-13-26(18-21-10-8-20(17-25)9-11-21)24(28)23-16-22(12-7-19(23)2)31(29,30)27-14-5-4-6-15-27/h3,7-12,16H,1,4-6,13-15,18H2,2H3. The Kier molecular flexibility index (Phi) is 7.26. The molecule has 1 heterocycles. The largest absolute Gasteiger partial charge is 0.331 e. The van der Waals surface area contributed by atoms with Crippen molar-refractivity contribution in [2.24, 2.45) is 0 Å². The van der Waals surface area contributed by atoms with Crippen molar-refractivity contribution in [1.29, 1.82) is 5.26 Å². The van der Waals surface area contributed by atoms with Crippen LogP contribution >= 0.6 is 0 Å². The Labute approximate surface area is 184 Å². The first kappa shape index (κ1) is 22.7. The number of hydrogen-bond donors (Lipinski definition) is 0. The summed E-state index contributed by atoms with van der Waals surface area (Å²) in [6.45, 7) is 7.23. The molecule has 2 aromatic rings. The van der Waals surface area contributed by atoms with E-state index in [1.54, 1.807) is 42.2 Å². The molecule has 1 amide bonds. The van der Waals surface area contributed by atoms with Gasteiger partial charge in [0.25, 0.3) is 5.91 Å². The molecule has 2 aromatic carbocycles. The smallest absolute Gasteiger partial charge is 0.254 e. The number of carbonyl (C=O) groups is 1. The number of piperidine rings is 1. The van der Waals surface area contributed by atoms with Gasteiger partial charge in [0.2, 0.25) is 10.0 Å².